The third-order valence-electron chi connectivity index (χ3n) is 2.84. The summed E-state index contributed by atoms with van der Waals surface area (Å²) in [5.74, 6) is -0.316. The largest absolute Gasteiger partial charge is 0.326 e. The van der Waals surface area contributed by atoms with E-state index in [0.717, 1.165) is 6.20 Å². The SMILES string of the molecule is CCN(c1ccccc1F)c1ncc(F)cc1CN. The van der Waals surface area contributed by atoms with Gasteiger partial charge >= 0.3 is 0 Å². The van der Waals surface area contributed by atoms with Gasteiger partial charge in [0.15, 0.2) is 0 Å². The molecule has 100 valence electrons. The molecule has 5 heteroatoms. The first kappa shape index (κ1) is 13.4. The third-order valence-corrected chi connectivity index (χ3v) is 2.84. The van der Waals surface area contributed by atoms with E-state index in [9.17, 15) is 8.78 Å². The van der Waals surface area contributed by atoms with E-state index in [4.69, 9.17) is 5.73 Å². The Labute approximate surface area is 110 Å². The summed E-state index contributed by atoms with van der Waals surface area (Å²) < 4.78 is 27.0. The summed E-state index contributed by atoms with van der Waals surface area (Å²) in [5.41, 5.74) is 6.55. The summed E-state index contributed by atoms with van der Waals surface area (Å²) in [5, 5.41) is 0. The Morgan fingerprint density at radius 3 is 2.63 bits per heavy atom. The van der Waals surface area contributed by atoms with Crippen LogP contribution in [-0.4, -0.2) is 11.5 Å². The molecule has 0 amide bonds. The number of nitrogens with zero attached hydrogens (tertiary/aromatic N) is 2. The number of anilines is 2. The second-order valence-electron chi connectivity index (χ2n) is 4.04. The molecule has 0 fully saturated rings. The number of halogens is 2. The molecule has 2 aromatic rings. The minimum absolute atomic E-state index is 0.144. The standard InChI is InChI=1S/C14H15F2N3/c1-2-19(13-6-4-3-5-12(13)16)14-10(8-17)7-11(15)9-18-14/h3-7,9H,2,8,17H2,1H3. The number of rotatable bonds is 4. The second-order valence-corrected chi connectivity index (χ2v) is 4.04. The van der Waals surface area contributed by atoms with Gasteiger partial charge in [0, 0.05) is 18.7 Å². The average Bonchev–Trinajstić information content (AvgIpc) is 2.43. The molecule has 2 rings (SSSR count). The number of hydrogen-bond acceptors (Lipinski definition) is 3. The van der Waals surface area contributed by atoms with Crippen LogP contribution in [0.25, 0.3) is 0 Å². The molecule has 0 aliphatic rings. The van der Waals surface area contributed by atoms with Crippen molar-refractivity contribution in [2.45, 2.75) is 13.5 Å². The van der Waals surface area contributed by atoms with Crippen molar-refractivity contribution in [2.75, 3.05) is 11.4 Å². The first-order valence-electron chi connectivity index (χ1n) is 6.04. The normalized spacial score (nSPS) is 10.5. The topological polar surface area (TPSA) is 42.2 Å². The molecular weight excluding hydrogens is 248 g/mol. The van der Waals surface area contributed by atoms with Crippen LogP contribution in [0.2, 0.25) is 0 Å². The van der Waals surface area contributed by atoms with Gasteiger partial charge in [0.1, 0.15) is 17.5 Å². The zero-order valence-corrected chi connectivity index (χ0v) is 10.6. The van der Waals surface area contributed by atoms with Crippen molar-refractivity contribution < 1.29 is 8.78 Å². The lowest BCUT2D eigenvalue weighted by atomic mass is 10.2. The van der Waals surface area contributed by atoms with Crippen LogP contribution in [0.15, 0.2) is 36.5 Å². The summed E-state index contributed by atoms with van der Waals surface area (Å²) in [4.78, 5) is 5.72. The molecule has 0 unspecified atom stereocenters. The van der Waals surface area contributed by atoms with Gasteiger partial charge in [0.25, 0.3) is 0 Å². The van der Waals surface area contributed by atoms with Crippen molar-refractivity contribution in [3.63, 3.8) is 0 Å². The lowest BCUT2D eigenvalue weighted by Crippen LogP contribution is -2.21. The van der Waals surface area contributed by atoms with Gasteiger partial charge < -0.3 is 10.6 Å². The van der Waals surface area contributed by atoms with Crippen LogP contribution in [-0.2, 0) is 6.54 Å². The molecule has 1 heterocycles. The van der Waals surface area contributed by atoms with E-state index in [1.54, 1.807) is 23.1 Å². The number of hydrogen-bond donors (Lipinski definition) is 1. The highest BCUT2D eigenvalue weighted by molar-refractivity contribution is 5.63. The van der Waals surface area contributed by atoms with Gasteiger partial charge in [0.2, 0.25) is 0 Å². The smallest absolute Gasteiger partial charge is 0.146 e. The predicted octanol–water partition coefficient (Wildman–Crippen LogP) is 2.98. The van der Waals surface area contributed by atoms with Gasteiger partial charge in [-0.1, -0.05) is 12.1 Å². The van der Waals surface area contributed by atoms with E-state index in [1.807, 2.05) is 6.92 Å². The van der Waals surface area contributed by atoms with Gasteiger partial charge in [-0.05, 0) is 25.1 Å². The van der Waals surface area contributed by atoms with Crippen molar-refractivity contribution in [3.8, 4) is 0 Å². The molecule has 0 aliphatic carbocycles. The van der Waals surface area contributed by atoms with Crippen molar-refractivity contribution >= 4 is 11.5 Å². The van der Waals surface area contributed by atoms with E-state index in [-0.39, 0.29) is 12.4 Å². The number of benzene rings is 1. The fraction of sp³-hybridized carbons (Fsp3) is 0.214. The monoisotopic (exact) mass is 263 g/mol. The Hall–Kier alpha value is -2.01. The molecule has 3 nitrogen and oxygen atoms in total. The average molecular weight is 263 g/mol. The number of nitrogens with two attached hydrogens (primary N) is 1. The van der Waals surface area contributed by atoms with E-state index < -0.39 is 5.82 Å². The lowest BCUT2D eigenvalue weighted by molar-refractivity contribution is 0.616. The zero-order chi connectivity index (χ0) is 13.8. The maximum Gasteiger partial charge on any atom is 0.146 e. The van der Waals surface area contributed by atoms with Crippen molar-refractivity contribution in [1.82, 2.24) is 4.98 Å². The molecular formula is C14H15F2N3. The van der Waals surface area contributed by atoms with Crippen LogP contribution >= 0.6 is 0 Å². The second kappa shape index (κ2) is 5.75. The minimum Gasteiger partial charge on any atom is -0.326 e. The molecule has 0 saturated carbocycles. The quantitative estimate of drug-likeness (QED) is 0.922. The van der Waals surface area contributed by atoms with E-state index in [2.05, 4.69) is 4.98 Å². The fourth-order valence-electron chi connectivity index (χ4n) is 1.97. The number of para-hydroxylation sites is 1. The van der Waals surface area contributed by atoms with Gasteiger partial charge in [-0.25, -0.2) is 13.8 Å². The Kier molecular flexibility index (Phi) is 4.06. The maximum absolute atomic E-state index is 13.9. The molecule has 0 atom stereocenters. The molecule has 1 aromatic heterocycles. The van der Waals surface area contributed by atoms with Gasteiger partial charge in [-0.3, -0.25) is 0 Å². The highest BCUT2D eigenvalue weighted by atomic mass is 19.1. The molecule has 0 radical (unpaired) electrons. The van der Waals surface area contributed by atoms with Crippen LogP contribution in [0.4, 0.5) is 20.3 Å². The van der Waals surface area contributed by atoms with E-state index in [1.165, 1.54) is 12.1 Å². The Balaban J connectivity index is 2.51. The van der Waals surface area contributed by atoms with E-state index in [0.29, 0.717) is 23.6 Å². The van der Waals surface area contributed by atoms with Crippen LogP contribution < -0.4 is 10.6 Å². The Morgan fingerprint density at radius 1 is 1.26 bits per heavy atom. The van der Waals surface area contributed by atoms with Crippen LogP contribution in [0.1, 0.15) is 12.5 Å². The van der Waals surface area contributed by atoms with Crippen LogP contribution in [0.5, 0.6) is 0 Å². The molecule has 19 heavy (non-hydrogen) atoms. The molecule has 1 aromatic carbocycles. The first-order valence-corrected chi connectivity index (χ1v) is 6.04. The summed E-state index contributed by atoms with van der Waals surface area (Å²) in [6.45, 7) is 2.52. The van der Waals surface area contributed by atoms with Crippen LogP contribution in [0, 0.1) is 11.6 Å². The molecule has 0 bridgehead atoms. The van der Waals surface area contributed by atoms with Gasteiger partial charge in [-0.15, -0.1) is 0 Å². The highest BCUT2D eigenvalue weighted by Gasteiger charge is 2.16. The molecule has 2 N–H and O–H groups in total. The predicted molar refractivity (Wildman–Crippen MR) is 71.2 cm³/mol. The highest BCUT2D eigenvalue weighted by Crippen LogP contribution is 2.28. The van der Waals surface area contributed by atoms with Crippen molar-refractivity contribution in [2.24, 2.45) is 5.73 Å². The summed E-state index contributed by atoms with van der Waals surface area (Å²) in [6.07, 6.45) is 1.11. The minimum atomic E-state index is -0.450. The zero-order valence-electron chi connectivity index (χ0n) is 10.6. The lowest BCUT2D eigenvalue weighted by Gasteiger charge is -2.24. The van der Waals surface area contributed by atoms with Gasteiger partial charge in [0.05, 0.1) is 11.9 Å². The molecule has 0 saturated heterocycles. The molecule has 0 spiro atoms. The number of pyridine rings is 1. The summed E-state index contributed by atoms with van der Waals surface area (Å²) in [7, 11) is 0. The Morgan fingerprint density at radius 2 is 2.00 bits per heavy atom. The van der Waals surface area contributed by atoms with Gasteiger partial charge in [-0.2, -0.15) is 0 Å². The van der Waals surface area contributed by atoms with Crippen LogP contribution in [0.3, 0.4) is 0 Å². The number of aromatic nitrogens is 1. The van der Waals surface area contributed by atoms with Crippen molar-refractivity contribution in [1.29, 1.82) is 0 Å². The first-order chi connectivity index (χ1) is 9.17. The Bertz CT molecular complexity index is 572. The van der Waals surface area contributed by atoms with E-state index >= 15 is 0 Å². The fourth-order valence-corrected chi connectivity index (χ4v) is 1.97. The summed E-state index contributed by atoms with van der Waals surface area (Å²) >= 11 is 0. The maximum atomic E-state index is 13.9. The summed E-state index contributed by atoms with van der Waals surface area (Å²) in [6, 6.07) is 7.72. The molecule has 0 aliphatic heterocycles. The third kappa shape index (κ3) is 2.71. The van der Waals surface area contributed by atoms with Crippen molar-refractivity contribution in [3.05, 3.63) is 53.7 Å².